The van der Waals surface area contributed by atoms with E-state index in [1.807, 2.05) is 0 Å². The summed E-state index contributed by atoms with van der Waals surface area (Å²) < 4.78 is 0. The van der Waals surface area contributed by atoms with Crippen molar-refractivity contribution >= 4 is 81.2 Å². The summed E-state index contributed by atoms with van der Waals surface area (Å²) in [6, 6.07) is 22.3. The Morgan fingerprint density at radius 2 is 0.842 bits per heavy atom. The maximum Gasteiger partial charge on any atom is 0.326 e. The van der Waals surface area contributed by atoms with E-state index in [1.165, 1.54) is 0 Å². The van der Waals surface area contributed by atoms with Crippen LogP contribution in [0.4, 0.5) is 32.3 Å². The summed E-state index contributed by atoms with van der Waals surface area (Å²) in [4.78, 5) is 30.7. The molecule has 4 aromatic rings. The number of nitrogens with one attached hydrogen (secondary N) is 2. The molecular formula is C28H18Cl4N4O2. The highest BCUT2D eigenvalue weighted by molar-refractivity contribution is 6.32. The Hall–Kier alpha value is -3.42. The highest BCUT2D eigenvalue weighted by Crippen LogP contribution is 2.51. The van der Waals surface area contributed by atoms with Crippen LogP contribution < -0.4 is 20.4 Å². The van der Waals surface area contributed by atoms with Gasteiger partial charge < -0.3 is 10.6 Å². The second-order valence-electron chi connectivity index (χ2n) is 8.91. The minimum absolute atomic E-state index is 0.363. The number of anilines is 4. The van der Waals surface area contributed by atoms with E-state index in [9.17, 15) is 9.59 Å². The molecule has 190 valence electrons. The van der Waals surface area contributed by atoms with Gasteiger partial charge in [-0.15, -0.1) is 0 Å². The Morgan fingerprint density at radius 3 is 1.21 bits per heavy atom. The van der Waals surface area contributed by atoms with Crippen molar-refractivity contribution in [1.29, 1.82) is 0 Å². The van der Waals surface area contributed by atoms with Crippen LogP contribution in [0.1, 0.15) is 23.2 Å². The van der Waals surface area contributed by atoms with Gasteiger partial charge in [0.15, 0.2) is 0 Å². The Bertz CT molecular complexity index is 1460. The Balaban J connectivity index is 1.65. The highest BCUT2D eigenvalue weighted by Gasteiger charge is 2.46. The van der Waals surface area contributed by atoms with Crippen molar-refractivity contribution in [3.63, 3.8) is 0 Å². The minimum Gasteiger partial charge on any atom is -0.307 e. The lowest BCUT2D eigenvalue weighted by Crippen LogP contribution is -2.52. The summed E-state index contributed by atoms with van der Waals surface area (Å²) in [5.74, 6) is 0. The quantitative estimate of drug-likeness (QED) is 0.252. The molecule has 0 bridgehead atoms. The second-order valence-corrected chi connectivity index (χ2v) is 10.7. The molecule has 4 aromatic carbocycles. The van der Waals surface area contributed by atoms with E-state index in [0.29, 0.717) is 42.8 Å². The molecule has 0 saturated heterocycles. The molecule has 10 heteroatoms. The number of nitrogens with zero attached hydrogens (tertiary/aromatic N) is 2. The predicted octanol–water partition coefficient (Wildman–Crippen LogP) is 9.19. The van der Waals surface area contributed by atoms with E-state index in [2.05, 4.69) is 10.6 Å². The summed E-state index contributed by atoms with van der Waals surface area (Å²) in [7, 11) is 0. The number of benzene rings is 4. The Morgan fingerprint density at radius 1 is 0.500 bits per heavy atom. The van der Waals surface area contributed by atoms with Crippen molar-refractivity contribution in [2.75, 3.05) is 20.4 Å². The number of carbonyl (C=O) groups excluding carboxylic acids is 2. The van der Waals surface area contributed by atoms with Gasteiger partial charge in [-0.3, -0.25) is 9.80 Å². The number of amides is 4. The molecule has 0 fully saturated rings. The van der Waals surface area contributed by atoms with Crippen LogP contribution >= 0.6 is 46.4 Å². The number of hydrogen-bond acceptors (Lipinski definition) is 2. The molecule has 2 aliphatic heterocycles. The van der Waals surface area contributed by atoms with Crippen LogP contribution in [-0.2, 0) is 0 Å². The van der Waals surface area contributed by atoms with Crippen molar-refractivity contribution in [3.8, 4) is 0 Å². The summed E-state index contributed by atoms with van der Waals surface area (Å²) in [5, 5.41) is 7.97. The topological polar surface area (TPSA) is 64.7 Å². The monoisotopic (exact) mass is 582 g/mol. The van der Waals surface area contributed by atoms with Gasteiger partial charge in [-0.25, -0.2) is 9.59 Å². The number of hydrogen-bond donors (Lipinski definition) is 2. The van der Waals surface area contributed by atoms with E-state index in [-0.39, 0.29) is 12.1 Å². The van der Waals surface area contributed by atoms with Gasteiger partial charge in [0.25, 0.3) is 0 Å². The lowest BCUT2D eigenvalue weighted by molar-refractivity contribution is 0.246. The van der Waals surface area contributed by atoms with Gasteiger partial charge in [0.2, 0.25) is 0 Å². The average Bonchev–Trinajstić information content (AvgIpc) is 2.89. The number of rotatable bonds is 3. The smallest absolute Gasteiger partial charge is 0.307 e. The van der Waals surface area contributed by atoms with Crippen LogP contribution in [-0.4, -0.2) is 12.1 Å². The summed E-state index contributed by atoms with van der Waals surface area (Å²) in [6.45, 7) is 0. The van der Waals surface area contributed by atoms with Gasteiger partial charge in [0.1, 0.15) is 0 Å². The predicted molar refractivity (Wildman–Crippen MR) is 154 cm³/mol. The van der Waals surface area contributed by atoms with Crippen molar-refractivity contribution < 1.29 is 9.59 Å². The lowest BCUT2D eigenvalue weighted by atomic mass is 9.86. The fourth-order valence-corrected chi connectivity index (χ4v) is 5.66. The molecule has 2 unspecified atom stereocenters. The van der Waals surface area contributed by atoms with Gasteiger partial charge in [-0.2, -0.15) is 0 Å². The summed E-state index contributed by atoms with van der Waals surface area (Å²) in [5.41, 5.74) is 3.84. The zero-order chi connectivity index (χ0) is 26.6. The molecule has 4 amide bonds. The standard InChI is InChI=1S/C28H18Cl4N4O2/c29-15-1-7-19(8-2-15)35-25(21-13-17(31)5-11-23(21)33-27(35)37)26-22-14-18(32)6-12-24(22)34-28(38)36(26)20-9-3-16(30)4-10-20/h1-14,25-26H,(H,33,37)(H,34,38). The molecule has 38 heavy (non-hydrogen) atoms. The first-order valence-corrected chi connectivity index (χ1v) is 13.1. The normalized spacial score (nSPS) is 18.4. The number of urea groups is 2. The van der Waals surface area contributed by atoms with Gasteiger partial charge >= 0.3 is 12.1 Å². The van der Waals surface area contributed by atoms with Gasteiger partial charge in [0, 0.05) is 54.0 Å². The van der Waals surface area contributed by atoms with Crippen LogP contribution in [0.15, 0.2) is 84.9 Å². The van der Waals surface area contributed by atoms with Crippen LogP contribution in [0.2, 0.25) is 20.1 Å². The molecule has 0 spiro atoms. The first-order valence-electron chi connectivity index (χ1n) is 11.6. The maximum absolute atomic E-state index is 13.7. The van der Waals surface area contributed by atoms with Crippen LogP contribution in [0, 0.1) is 0 Å². The third-order valence-corrected chi connectivity index (χ3v) is 7.62. The molecule has 6 rings (SSSR count). The van der Waals surface area contributed by atoms with E-state index >= 15 is 0 Å². The Labute approximate surface area is 238 Å². The molecule has 0 aliphatic carbocycles. The van der Waals surface area contributed by atoms with Crippen molar-refractivity contribution in [2.45, 2.75) is 12.1 Å². The fraction of sp³-hybridized carbons (Fsp3) is 0.0714. The highest BCUT2D eigenvalue weighted by atomic mass is 35.5. The van der Waals surface area contributed by atoms with E-state index < -0.39 is 12.1 Å². The first-order chi connectivity index (χ1) is 18.3. The van der Waals surface area contributed by atoms with Gasteiger partial charge in [-0.05, 0) is 84.9 Å². The van der Waals surface area contributed by atoms with Crippen molar-refractivity contribution in [1.82, 2.24) is 0 Å². The van der Waals surface area contributed by atoms with E-state index in [1.54, 1.807) is 94.7 Å². The van der Waals surface area contributed by atoms with Crippen molar-refractivity contribution in [3.05, 3.63) is 116 Å². The summed E-state index contributed by atoms with van der Waals surface area (Å²) in [6.07, 6.45) is 0. The van der Waals surface area contributed by atoms with Gasteiger partial charge in [-0.1, -0.05) is 46.4 Å². The molecule has 2 heterocycles. The largest absolute Gasteiger partial charge is 0.326 e. The average molecular weight is 584 g/mol. The summed E-state index contributed by atoms with van der Waals surface area (Å²) >= 11 is 25.3. The number of carbonyl (C=O) groups is 2. The van der Waals surface area contributed by atoms with Gasteiger partial charge in [0.05, 0.1) is 12.1 Å². The van der Waals surface area contributed by atoms with Crippen LogP contribution in [0.3, 0.4) is 0 Å². The van der Waals surface area contributed by atoms with Crippen molar-refractivity contribution in [2.24, 2.45) is 0 Å². The van der Waals surface area contributed by atoms with Crippen LogP contribution in [0.25, 0.3) is 0 Å². The van der Waals surface area contributed by atoms with E-state index in [4.69, 9.17) is 46.4 Å². The molecule has 2 N–H and O–H groups in total. The maximum atomic E-state index is 13.7. The third-order valence-electron chi connectivity index (χ3n) is 6.65. The zero-order valence-corrected chi connectivity index (χ0v) is 22.5. The molecule has 6 nitrogen and oxygen atoms in total. The fourth-order valence-electron chi connectivity index (χ4n) is 5.05. The molecule has 2 atom stereocenters. The molecule has 0 radical (unpaired) electrons. The molecule has 0 saturated carbocycles. The molecule has 0 aromatic heterocycles. The lowest BCUT2D eigenvalue weighted by Gasteiger charge is -2.47. The number of halogens is 4. The minimum atomic E-state index is -0.697. The molecule has 2 aliphatic rings. The first kappa shape index (κ1) is 24.9. The second kappa shape index (κ2) is 9.71. The van der Waals surface area contributed by atoms with E-state index in [0.717, 1.165) is 11.1 Å². The van der Waals surface area contributed by atoms with Crippen LogP contribution in [0.5, 0.6) is 0 Å². The Kier molecular flexibility index (Phi) is 6.36. The zero-order valence-electron chi connectivity index (χ0n) is 19.5. The number of fused-ring (bicyclic) bond motifs is 2. The third kappa shape index (κ3) is 4.33. The SMILES string of the molecule is O=C1Nc2ccc(Cl)cc2C(C2c3cc(Cl)ccc3NC(=O)N2c2ccc(Cl)cc2)N1c1ccc(Cl)cc1. The molecular weight excluding hydrogens is 566 g/mol.